The van der Waals surface area contributed by atoms with Gasteiger partial charge in [-0.25, -0.2) is 0 Å². The van der Waals surface area contributed by atoms with Crippen LogP contribution in [0.4, 0.5) is 11.4 Å². The van der Waals surface area contributed by atoms with Crippen molar-refractivity contribution < 1.29 is 9.53 Å². The van der Waals surface area contributed by atoms with E-state index in [1.165, 1.54) is 5.56 Å². The van der Waals surface area contributed by atoms with Crippen LogP contribution in [0.15, 0.2) is 42.5 Å². The van der Waals surface area contributed by atoms with Gasteiger partial charge in [0.1, 0.15) is 5.75 Å². The smallest absolute Gasteiger partial charge is 0.255 e. The van der Waals surface area contributed by atoms with Crippen molar-refractivity contribution in [3.8, 4) is 5.75 Å². The molecule has 0 bridgehead atoms. The standard InChI is InChI=1S/C18H20N2O2.ClH/c1-2-11-22-17-6-4-3-5-16(17)20-18(21)14-7-8-15-13(12-14)9-10-19-15;/h3-8,12,19H,2,9-11H2,1H3,(H,20,21);1H. The van der Waals surface area contributed by atoms with E-state index in [-0.39, 0.29) is 18.3 Å². The maximum Gasteiger partial charge on any atom is 0.255 e. The molecule has 2 aromatic carbocycles. The summed E-state index contributed by atoms with van der Waals surface area (Å²) in [4.78, 5) is 12.5. The molecule has 1 aliphatic heterocycles. The van der Waals surface area contributed by atoms with E-state index >= 15 is 0 Å². The van der Waals surface area contributed by atoms with Gasteiger partial charge >= 0.3 is 0 Å². The van der Waals surface area contributed by atoms with Crippen LogP contribution < -0.4 is 15.4 Å². The van der Waals surface area contributed by atoms with Crippen molar-refractivity contribution in [3.63, 3.8) is 0 Å². The number of para-hydroxylation sites is 2. The fraction of sp³-hybridized carbons (Fsp3) is 0.278. The molecule has 5 heteroatoms. The molecule has 4 nitrogen and oxygen atoms in total. The highest BCUT2D eigenvalue weighted by molar-refractivity contribution is 6.05. The first-order valence-corrected chi connectivity index (χ1v) is 7.68. The summed E-state index contributed by atoms with van der Waals surface area (Å²) < 4.78 is 5.67. The Kier molecular flexibility index (Phi) is 5.88. The van der Waals surface area contributed by atoms with Crippen molar-refractivity contribution in [2.75, 3.05) is 23.8 Å². The van der Waals surface area contributed by atoms with Gasteiger partial charge in [0.2, 0.25) is 0 Å². The molecule has 1 aliphatic rings. The lowest BCUT2D eigenvalue weighted by atomic mass is 10.1. The van der Waals surface area contributed by atoms with Crippen molar-refractivity contribution in [1.82, 2.24) is 0 Å². The number of hydrogen-bond acceptors (Lipinski definition) is 3. The van der Waals surface area contributed by atoms with Gasteiger partial charge in [-0.3, -0.25) is 4.79 Å². The number of amides is 1. The van der Waals surface area contributed by atoms with Gasteiger partial charge in [-0.15, -0.1) is 12.4 Å². The van der Waals surface area contributed by atoms with Gasteiger partial charge in [-0.1, -0.05) is 19.1 Å². The molecule has 0 radical (unpaired) electrons. The monoisotopic (exact) mass is 332 g/mol. The largest absolute Gasteiger partial charge is 0.491 e. The van der Waals surface area contributed by atoms with E-state index in [0.717, 1.165) is 25.1 Å². The fourth-order valence-corrected chi connectivity index (χ4v) is 2.55. The second-order valence-electron chi connectivity index (χ2n) is 5.35. The van der Waals surface area contributed by atoms with E-state index in [4.69, 9.17) is 4.74 Å². The van der Waals surface area contributed by atoms with Crippen LogP contribution in [0.1, 0.15) is 29.3 Å². The second kappa shape index (κ2) is 7.88. The highest BCUT2D eigenvalue weighted by Gasteiger charge is 2.14. The molecular formula is C18H21ClN2O2. The van der Waals surface area contributed by atoms with E-state index in [1.54, 1.807) is 0 Å². The molecule has 3 rings (SSSR count). The molecule has 0 saturated heterocycles. The Morgan fingerprint density at radius 2 is 2.09 bits per heavy atom. The minimum Gasteiger partial charge on any atom is -0.491 e. The van der Waals surface area contributed by atoms with Crippen LogP contribution in [-0.4, -0.2) is 19.1 Å². The number of rotatable bonds is 5. The predicted molar refractivity (Wildman–Crippen MR) is 96.1 cm³/mol. The summed E-state index contributed by atoms with van der Waals surface area (Å²) in [6, 6.07) is 13.3. The van der Waals surface area contributed by atoms with E-state index in [0.29, 0.717) is 23.6 Å². The predicted octanol–water partition coefficient (Wildman–Crippen LogP) is 4.12. The van der Waals surface area contributed by atoms with Crippen molar-refractivity contribution in [2.24, 2.45) is 0 Å². The van der Waals surface area contributed by atoms with Gasteiger partial charge in [0, 0.05) is 17.8 Å². The summed E-state index contributed by atoms with van der Waals surface area (Å²) in [5.74, 6) is 0.600. The summed E-state index contributed by atoms with van der Waals surface area (Å²) >= 11 is 0. The van der Waals surface area contributed by atoms with E-state index in [1.807, 2.05) is 42.5 Å². The first kappa shape index (κ1) is 17.2. The molecule has 0 fully saturated rings. The van der Waals surface area contributed by atoms with Crippen LogP contribution in [0, 0.1) is 0 Å². The molecule has 0 spiro atoms. The molecule has 122 valence electrons. The van der Waals surface area contributed by atoms with Gasteiger partial charge in [0.15, 0.2) is 0 Å². The minimum atomic E-state index is -0.109. The minimum absolute atomic E-state index is 0. The van der Waals surface area contributed by atoms with Gasteiger partial charge in [-0.2, -0.15) is 0 Å². The second-order valence-corrected chi connectivity index (χ2v) is 5.35. The Labute approximate surface area is 142 Å². The quantitative estimate of drug-likeness (QED) is 0.866. The number of ether oxygens (including phenoxy) is 1. The molecule has 0 atom stereocenters. The van der Waals surface area contributed by atoms with Gasteiger partial charge in [0.05, 0.1) is 12.3 Å². The third kappa shape index (κ3) is 3.96. The average molecular weight is 333 g/mol. The first-order valence-electron chi connectivity index (χ1n) is 7.68. The lowest BCUT2D eigenvalue weighted by Gasteiger charge is -2.12. The molecule has 2 aromatic rings. The van der Waals surface area contributed by atoms with Crippen molar-refractivity contribution in [2.45, 2.75) is 19.8 Å². The normalized spacial score (nSPS) is 11.9. The molecule has 0 unspecified atom stereocenters. The lowest BCUT2D eigenvalue weighted by Crippen LogP contribution is -2.13. The average Bonchev–Trinajstić information content (AvgIpc) is 3.01. The topological polar surface area (TPSA) is 50.4 Å². The van der Waals surface area contributed by atoms with E-state index in [9.17, 15) is 4.79 Å². The summed E-state index contributed by atoms with van der Waals surface area (Å²) in [5, 5.41) is 6.24. The summed E-state index contributed by atoms with van der Waals surface area (Å²) in [6.45, 7) is 3.63. The number of nitrogens with one attached hydrogen (secondary N) is 2. The van der Waals surface area contributed by atoms with Gasteiger partial charge in [-0.05, 0) is 48.7 Å². The number of carbonyl (C=O) groups excluding carboxylic acids is 1. The molecule has 1 amide bonds. The van der Waals surface area contributed by atoms with Crippen molar-refractivity contribution in [1.29, 1.82) is 0 Å². The van der Waals surface area contributed by atoms with Crippen LogP contribution in [0.25, 0.3) is 0 Å². The van der Waals surface area contributed by atoms with Crippen LogP contribution in [0.3, 0.4) is 0 Å². The number of benzene rings is 2. The Bertz CT molecular complexity index is 688. The molecular weight excluding hydrogens is 312 g/mol. The zero-order valence-electron chi connectivity index (χ0n) is 13.1. The molecule has 1 heterocycles. The third-order valence-electron chi connectivity index (χ3n) is 3.67. The van der Waals surface area contributed by atoms with Crippen LogP contribution in [0.5, 0.6) is 5.75 Å². The number of carbonyl (C=O) groups is 1. The third-order valence-corrected chi connectivity index (χ3v) is 3.67. The summed E-state index contributed by atoms with van der Waals surface area (Å²) in [5.41, 5.74) is 3.71. The van der Waals surface area contributed by atoms with Gasteiger partial charge < -0.3 is 15.4 Å². The SMILES string of the molecule is CCCOc1ccccc1NC(=O)c1ccc2c(c1)CCN2.Cl. The maximum atomic E-state index is 12.5. The molecule has 0 aliphatic carbocycles. The number of hydrogen-bond donors (Lipinski definition) is 2. The summed E-state index contributed by atoms with van der Waals surface area (Å²) in [7, 11) is 0. The van der Waals surface area contributed by atoms with Crippen LogP contribution in [-0.2, 0) is 6.42 Å². The molecule has 0 aromatic heterocycles. The first-order chi connectivity index (χ1) is 10.8. The number of halogens is 1. The van der Waals surface area contributed by atoms with Crippen LogP contribution >= 0.6 is 12.4 Å². The number of fused-ring (bicyclic) bond motifs is 1. The van der Waals surface area contributed by atoms with Crippen molar-refractivity contribution >= 4 is 29.7 Å². The highest BCUT2D eigenvalue weighted by atomic mass is 35.5. The Morgan fingerprint density at radius 3 is 2.91 bits per heavy atom. The zero-order chi connectivity index (χ0) is 15.4. The highest BCUT2D eigenvalue weighted by Crippen LogP contribution is 2.26. The Balaban J connectivity index is 0.00000192. The number of anilines is 2. The van der Waals surface area contributed by atoms with E-state index in [2.05, 4.69) is 17.6 Å². The Morgan fingerprint density at radius 1 is 1.26 bits per heavy atom. The lowest BCUT2D eigenvalue weighted by molar-refractivity contribution is 0.102. The van der Waals surface area contributed by atoms with Gasteiger partial charge in [0.25, 0.3) is 5.91 Å². The Hall–Kier alpha value is -2.20. The van der Waals surface area contributed by atoms with E-state index < -0.39 is 0 Å². The molecule has 23 heavy (non-hydrogen) atoms. The fourth-order valence-electron chi connectivity index (χ4n) is 2.55. The summed E-state index contributed by atoms with van der Waals surface area (Å²) in [6.07, 6.45) is 1.90. The van der Waals surface area contributed by atoms with Crippen LogP contribution in [0.2, 0.25) is 0 Å². The zero-order valence-corrected chi connectivity index (χ0v) is 13.9. The molecule has 0 saturated carbocycles. The maximum absolute atomic E-state index is 12.5. The van der Waals surface area contributed by atoms with Crippen molar-refractivity contribution in [3.05, 3.63) is 53.6 Å². The molecule has 2 N–H and O–H groups in total.